The molecule has 0 aliphatic heterocycles. The first kappa shape index (κ1) is 15.4. The van der Waals surface area contributed by atoms with E-state index in [1.807, 2.05) is 6.07 Å². The quantitative estimate of drug-likeness (QED) is 0.367. The van der Waals surface area contributed by atoms with Gasteiger partial charge in [-0.25, -0.2) is 0 Å². The van der Waals surface area contributed by atoms with Crippen LogP contribution in [-0.4, -0.2) is 28.6 Å². The van der Waals surface area contributed by atoms with Gasteiger partial charge in [0, 0.05) is 13.2 Å². The highest BCUT2D eigenvalue weighted by molar-refractivity contribution is 6.54. The zero-order valence-corrected chi connectivity index (χ0v) is 12.5. The van der Waals surface area contributed by atoms with E-state index in [1.165, 1.54) is 5.19 Å². The molecule has 0 fully saturated rings. The lowest BCUT2D eigenvalue weighted by atomic mass is 10.4. The SMILES string of the molecule is CCCCOC(OCCCC)[Si]c1ccccc1. The number of rotatable bonds is 10. The van der Waals surface area contributed by atoms with Crippen molar-refractivity contribution < 1.29 is 9.47 Å². The van der Waals surface area contributed by atoms with Crippen LogP contribution < -0.4 is 5.19 Å². The second kappa shape index (κ2) is 10.3. The Hall–Kier alpha value is -0.643. The Kier molecular flexibility index (Phi) is 8.82. The highest BCUT2D eigenvalue weighted by Crippen LogP contribution is 2.00. The zero-order chi connectivity index (χ0) is 13.1. The molecular weight excluding hydrogens is 240 g/mol. The average Bonchev–Trinajstić information content (AvgIpc) is 2.40. The summed E-state index contributed by atoms with van der Waals surface area (Å²) < 4.78 is 11.6. The standard InChI is InChI=1S/C15H24O2Si/c1-3-5-12-16-15(17-13-6-4-2)18-14-10-8-7-9-11-14/h7-11,15H,3-6,12-13H2,1-2H3. The highest BCUT2D eigenvalue weighted by Gasteiger charge is 2.11. The molecule has 1 rings (SSSR count). The van der Waals surface area contributed by atoms with Gasteiger partial charge in [-0.05, 0) is 12.8 Å². The van der Waals surface area contributed by atoms with Crippen LogP contribution in [0.1, 0.15) is 39.5 Å². The molecule has 18 heavy (non-hydrogen) atoms. The minimum absolute atomic E-state index is 0.0644. The fourth-order valence-corrected chi connectivity index (χ4v) is 2.53. The van der Waals surface area contributed by atoms with Crippen molar-refractivity contribution in [1.29, 1.82) is 0 Å². The number of hydrogen-bond donors (Lipinski definition) is 0. The average molecular weight is 264 g/mol. The van der Waals surface area contributed by atoms with Gasteiger partial charge in [-0.1, -0.05) is 62.2 Å². The van der Waals surface area contributed by atoms with Crippen LogP contribution in [0.15, 0.2) is 30.3 Å². The topological polar surface area (TPSA) is 18.5 Å². The Morgan fingerprint density at radius 3 is 2.00 bits per heavy atom. The molecule has 0 unspecified atom stereocenters. The first-order valence-electron chi connectivity index (χ1n) is 6.91. The molecule has 0 bridgehead atoms. The summed E-state index contributed by atoms with van der Waals surface area (Å²) in [5.74, 6) is -0.0644. The van der Waals surface area contributed by atoms with Crippen LogP contribution in [0.3, 0.4) is 0 Å². The van der Waals surface area contributed by atoms with E-state index < -0.39 is 0 Å². The Labute approximate surface area is 114 Å². The summed E-state index contributed by atoms with van der Waals surface area (Å²) in [6, 6.07) is 10.4. The van der Waals surface area contributed by atoms with E-state index in [-0.39, 0.29) is 5.91 Å². The Bertz CT molecular complexity index is 280. The van der Waals surface area contributed by atoms with Crippen molar-refractivity contribution in [1.82, 2.24) is 0 Å². The predicted octanol–water partition coefficient (Wildman–Crippen LogP) is 2.93. The molecule has 0 saturated heterocycles. The molecule has 2 nitrogen and oxygen atoms in total. The fourth-order valence-electron chi connectivity index (χ4n) is 1.47. The normalized spacial score (nSPS) is 11.1. The lowest BCUT2D eigenvalue weighted by Gasteiger charge is -2.18. The van der Waals surface area contributed by atoms with Crippen LogP contribution in [0.25, 0.3) is 0 Å². The Balaban J connectivity index is 2.37. The van der Waals surface area contributed by atoms with E-state index >= 15 is 0 Å². The van der Waals surface area contributed by atoms with Gasteiger partial charge in [0.25, 0.3) is 0 Å². The molecule has 0 aliphatic rings. The maximum absolute atomic E-state index is 5.82. The monoisotopic (exact) mass is 264 g/mol. The third-order valence-corrected chi connectivity index (χ3v) is 3.83. The molecular formula is C15H24O2Si. The maximum atomic E-state index is 5.82. The first-order chi connectivity index (χ1) is 8.86. The summed E-state index contributed by atoms with van der Waals surface area (Å²) >= 11 is 0. The number of ether oxygens (including phenoxy) is 2. The van der Waals surface area contributed by atoms with E-state index in [1.54, 1.807) is 0 Å². The molecule has 0 aromatic heterocycles. The van der Waals surface area contributed by atoms with Gasteiger partial charge in [-0.15, -0.1) is 0 Å². The fraction of sp³-hybridized carbons (Fsp3) is 0.600. The van der Waals surface area contributed by atoms with Gasteiger partial charge in [0.15, 0.2) is 9.52 Å². The summed E-state index contributed by atoms with van der Waals surface area (Å²) in [7, 11) is 0.574. The minimum Gasteiger partial charge on any atom is -0.357 e. The van der Waals surface area contributed by atoms with Crippen LogP contribution in [-0.2, 0) is 9.47 Å². The summed E-state index contributed by atoms with van der Waals surface area (Å²) in [6.07, 6.45) is 4.53. The maximum Gasteiger partial charge on any atom is 0.157 e. The van der Waals surface area contributed by atoms with Crippen molar-refractivity contribution >= 4 is 14.7 Å². The lowest BCUT2D eigenvalue weighted by molar-refractivity contribution is -0.0910. The highest BCUT2D eigenvalue weighted by atomic mass is 28.2. The van der Waals surface area contributed by atoms with Gasteiger partial charge in [0.1, 0.15) is 5.91 Å². The van der Waals surface area contributed by atoms with Crippen molar-refractivity contribution in [3.8, 4) is 0 Å². The van der Waals surface area contributed by atoms with Gasteiger partial charge < -0.3 is 9.47 Å². The van der Waals surface area contributed by atoms with Crippen molar-refractivity contribution in [2.75, 3.05) is 13.2 Å². The van der Waals surface area contributed by atoms with Crippen molar-refractivity contribution in [2.45, 2.75) is 45.4 Å². The third kappa shape index (κ3) is 6.94. The summed E-state index contributed by atoms with van der Waals surface area (Å²) in [5, 5.41) is 1.30. The van der Waals surface area contributed by atoms with Crippen LogP contribution >= 0.6 is 0 Å². The van der Waals surface area contributed by atoms with E-state index in [0.29, 0.717) is 9.52 Å². The molecule has 0 spiro atoms. The largest absolute Gasteiger partial charge is 0.357 e. The lowest BCUT2D eigenvalue weighted by Crippen LogP contribution is -2.33. The molecule has 0 amide bonds. The van der Waals surface area contributed by atoms with Gasteiger partial charge >= 0.3 is 0 Å². The van der Waals surface area contributed by atoms with Gasteiger partial charge in [-0.3, -0.25) is 0 Å². The van der Waals surface area contributed by atoms with E-state index in [0.717, 1.165) is 38.9 Å². The number of unbranched alkanes of at least 4 members (excludes halogenated alkanes) is 2. The molecule has 0 heterocycles. The smallest absolute Gasteiger partial charge is 0.157 e. The van der Waals surface area contributed by atoms with Crippen molar-refractivity contribution in [2.24, 2.45) is 0 Å². The van der Waals surface area contributed by atoms with Crippen LogP contribution in [0.5, 0.6) is 0 Å². The number of benzene rings is 1. The van der Waals surface area contributed by atoms with Crippen molar-refractivity contribution in [3.05, 3.63) is 30.3 Å². The molecule has 0 saturated carbocycles. The second-order valence-electron chi connectivity index (χ2n) is 4.29. The van der Waals surface area contributed by atoms with E-state index in [9.17, 15) is 0 Å². The summed E-state index contributed by atoms with van der Waals surface area (Å²) in [4.78, 5) is 0. The molecule has 1 aromatic carbocycles. The zero-order valence-electron chi connectivity index (χ0n) is 11.5. The van der Waals surface area contributed by atoms with Crippen LogP contribution in [0.4, 0.5) is 0 Å². The Morgan fingerprint density at radius 1 is 0.944 bits per heavy atom. The molecule has 0 aliphatic carbocycles. The van der Waals surface area contributed by atoms with Gasteiger partial charge in [-0.2, -0.15) is 0 Å². The third-order valence-electron chi connectivity index (χ3n) is 2.59. The molecule has 3 heteroatoms. The number of hydrogen-bond acceptors (Lipinski definition) is 2. The summed E-state index contributed by atoms with van der Waals surface area (Å²) in [6.45, 7) is 5.95. The van der Waals surface area contributed by atoms with Crippen molar-refractivity contribution in [3.63, 3.8) is 0 Å². The van der Waals surface area contributed by atoms with Crippen LogP contribution in [0, 0.1) is 0 Å². The van der Waals surface area contributed by atoms with Crippen LogP contribution in [0.2, 0.25) is 0 Å². The van der Waals surface area contributed by atoms with E-state index in [2.05, 4.69) is 38.1 Å². The molecule has 2 radical (unpaired) electrons. The second-order valence-corrected chi connectivity index (χ2v) is 5.63. The van der Waals surface area contributed by atoms with Gasteiger partial charge in [0.2, 0.25) is 0 Å². The molecule has 0 N–H and O–H groups in total. The van der Waals surface area contributed by atoms with Gasteiger partial charge in [0.05, 0.1) is 0 Å². The first-order valence-corrected chi connectivity index (χ1v) is 7.99. The van der Waals surface area contributed by atoms with E-state index in [4.69, 9.17) is 9.47 Å². The Morgan fingerprint density at radius 2 is 1.50 bits per heavy atom. The molecule has 1 aromatic rings. The predicted molar refractivity (Wildman–Crippen MR) is 77.3 cm³/mol. The molecule has 100 valence electrons. The summed E-state index contributed by atoms with van der Waals surface area (Å²) in [5.41, 5.74) is 0. The molecule has 0 atom stereocenters. The minimum atomic E-state index is -0.0644.